The van der Waals surface area contributed by atoms with Crippen molar-refractivity contribution in [1.29, 1.82) is 0 Å². The van der Waals surface area contributed by atoms with E-state index in [1.165, 1.54) is 0 Å². The number of nitrogens with one attached hydrogen (secondary N) is 2. The van der Waals surface area contributed by atoms with E-state index in [1.54, 1.807) is 24.3 Å². The Hall–Kier alpha value is -3.48. The van der Waals surface area contributed by atoms with Crippen LogP contribution < -0.4 is 10.9 Å². The number of carbonyl (C=O) groups excluding carboxylic acids is 2. The summed E-state index contributed by atoms with van der Waals surface area (Å²) in [6.45, 7) is 1.76. The van der Waals surface area contributed by atoms with Gasteiger partial charge in [-0.15, -0.1) is 0 Å². The van der Waals surface area contributed by atoms with Crippen LogP contribution in [0.15, 0.2) is 41.2 Å². The smallest absolute Gasteiger partial charge is 0.310 e. The average molecular weight is 363 g/mol. The molecule has 136 valence electrons. The first-order chi connectivity index (χ1) is 13.0. The highest BCUT2D eigenvalue weighted by Gasteiger charge is 2.18. The molecule has 2 N–H and O–H groups in total. The zero-order valence-electron chi connectivity index (χ0n) is 14.7. The molecule has 0 spiro atoms. The molecule has 27 heavy (non-hydrogen) atoms. The van der Waals surface area contributed by atoms with Crippen molar-refractivity contribution in [3.63, 3.8) is 0 Å². The number of carbonyl (C=O) groups is 2. The molecule has 0 fully saturated rings. The van der Waals surface area contributed by atoms with E-state index in [1.807, 2.05) is 19.1 Å². The standard InChI is InChI=1S/C20H17N3O4/c1-11-3-2-4-14-19(11)22-16(23-20(14)26)10-27-18(25)8-12-5-6-13-9-17(24)21-15(13)7-12/h2-7H,8-10H2,1H3,(H,21,24)(H,22,23,26). The Balaban J connectivity index is 1.45. The third kappa shape index (κ3) is 3.44. The summed E-state index contributed by atoms with van der Waals surface area (Å²) in [7, 11) is 0. The van der Waals surface area contributed by atoms with Crippen LogP contribution in [0.3, 0.4) is 0 Å². The molecule has 0 atom stereocenters. The minimum Gasteiger partial charge on any atom is -0.457 e. The molecule has 0 radical (unpaired) electrons. The molecule has 0 saturated heterocycles. The molecule has 2 aromatic carbocycles. The van der Waals surface area contributed by atoms with Crippen LogP contribution in [0.1, 0.15) is 22.5 Å². The molecule has 7 nitrogen and oxygen atoms in total. The van der Waals surface area contributed by atoms with Gasteiger partial charge < -0.3 is 15.0 Å². The topological polar surface area (TPSA) is 101 Å². The maximum absolute atomic E-state index is 12.2. The van der Waals surface area contributed by atoms with Crippen molar-refractivity contribution in [3.8, 4) is 0 Å². The first kappa shape index (κ1) is 17.0. The van der Waals surface area contributed by atoms with Crippen LogP contribution in [0.5, 0.6) is 0 Å². The normalized spacial score (nSPS) is 12.7. The summed E-state index contributed by atoms with van der Waals surface area (Å²) < 4.78 is 5.26. The number of aromatic amines is 1. The number of H-pyrrole nitrogens is 1. The summed E-state index contributed by atoms with van der Waals surface area (Å²) in [5.74, 6) is -0.186. The van der Waals surface area contributed by atoms with Crippen LogP contribution >= 0.6 is 0 Å². The Morgan fingerprint density at radius 2 is 2.07 bits per heavy atom. The zero-order valence-corrected chi connectivity index (χ0v) is 14.7. The number of amides is 1. The molecule has 0 unspecified atom stereocenters. The van der Waals surface area contributed by atoms with E-state index in [4.69, 9.17) is 4.74 Å². The SMILES string of the molecule is Cc1cccc2c(=O)[nH]c(COC(=O)Cc3ccc4c(c3)NC(=O)C4)nc12. The van der Waals surface area contributed by atoms with Crippen LogP contribution in [0.2, 0.25) is 0 Å². The second-order valence-corrected chi connectivity index (χ2v) is 6.54. The lowest BCUT2D eigenvalue weighted by atomic mass is 10.1. The van der Waals surface area contributed by atoms with Gasteiger partial charge in [-0.2, -0.15) is 0 Å². The van der Waals surface area contributed by atoms with E-state index >= 15 is 0 Å². The van der Waals surface area contributed by atoms with Gasteiger partial charge in [-0.05, 0) is 35.7 Å². The zero-order chi connectivity index (χ0) is 19.0. The van der Waals surface area contributed by atoms with Crippen molar-refractivity contribution in [3.05, 3.63) is 69.3 Å². The maximum Gasteiger partial charge on any atom is 0.310 e. The molecule has 0 aliphatic carbocycles. The summed E-state index contributed by atoms with van der Waals surface area (Å²) in [6, 6.07) is 10.8. The van der Waals surface area contributed by atoms with Gasteiger partial charge in [0.15, 0.2) is 0 Å². The summed E-state index contributed by atoms with van der Waals surface area (Å²) in [4.78, 5) is 42.7. The van der Waals surface area contributed by atoms with Crippen molar-refractivity contribution in [1.82, 2.24) is 9.97 Å². The van der Waals surface area contributed by atoms with Crippen molar-refractivity contribution >= 4 is 28.5 Å². The number of aromatic nitrogens is 2. The van der Waals surface area contributed by atoms with Crippen LogP contribution in [0, 0.1) is 6.92 Å². The number of fused-ring (bicyclic) bond motifs is 2. The number of nitrogens with zero attached hydrogens (tertiary/aromatic N) is 1. The first-order valence-electron chi connectivity index (χ1n) is 8.55. The molecule has 0 saturated carbocycles. The number of ether oxygens (including phenoxy) is 1. The van der Waals surface area contributed by atoms with Crippen LogP contribution in [-0.2, 0) is 33.8 Å². The highest BCUT2D eigenvalue weighted by atomic mass is 16.5. The Kier molecular flexibility index (Phi) is 4.19. The van der Waals surface area contributed by atoms with Gasteiger partial charge >= 0.3 is 5.97 Å². The lowest BCUT2D eigenvalue weighted by Crippen LogP contribution is -2.15. The second kappa shape index (κ2) is 6.68. The van der Waals surface area contributed by atoms with Crippen molar-refractivity contribution < 1.29 is 14.3 Å². The molecular formula is C20H17N3O4. The van der Waals surface area contributed by atoms with Gasteiger partial charge in [0.1, 0.15) is 12.4 Å². The fourth-order valence-electron chi connectivity index (χ4n) is 3.16. The Morgan fingerprint density at radius 3 is 2.93 bits per heavy atom. The Labute approximate surface area is 154 Å². The molecule has 1 amide bonds. The van der Waals surface area contributed by atoms with E-state index in [2.05, 4.69) is 15.3 Å². The predicted molar refractivity (Wildman–Crippen MR) is 99.4 cm³/mol. The highest BCUT2D eigenvalue weighted by molar-refractivity contribution is 5.99. The molecule has 1 aliphatic heterocycles. The van der Waals surface area contributed by atoms with Gasteiger partial charge in [-0.25, -0.2) is 4.98 Å². The van der Waals surface area contributed by atoms with Crippen LogP contribution in [-0.4, -0.2) is 21.8 Å². The molecule has 3 aromatic rings. The number of esters is 1. The number of aryl methyl sites for hydroxylation is 1. The summed E-state index contributed by atoms with van der Waals surface area (Å²) in [6.07, 6.45) is 0.431. The molecule has 0 bridgehead atoms. The Bertz CT molecular complexity index is 1130. The number of hydrogen-bond donors (Lipinski definition) is 2. The minimum atomic E-state index is -0.438. The van der Waals surface area contributed by atoms with Gasteiger partial charge in [0, 0.05) is 5.69 Å². The van der Waals surface area contributed by atoms with E-state index < -0.39 is 5.97 Å². The lowest BCUT2D eigenvalue weighted by Gasteiger charge is -2.07. The van der Waals surface area contributed by atoms with E-state index in [0.717, 1.165) is 22.4 Å². The predicted octanol–water partition coefficient (Wildman–Crippen LogP) is 2.01. The van der Waals surface area contributed by atoms with Crippen molar-refractivity contribution in [2.45, 2.75) is 26.4 Å². The number of rotatable bonds is 4. The second-order valence-electron chi connectivity index (χ2n) is 6.54. The highest BCUT2D eigenvalue weighted by Crippen LogP contribution is 2.24. The van der Waals surface area contributed by atoms with E-state index in [0.29, 0.717) is 23.1 Å². The molecule has 2 heterocycles. The average Bonchev–Trinajstić information content (AvgIpc) is 3.00. The van der Waals surface area contributed by atoms with Gasteiger partial charge in [0.05, 0.1) is 23.7 Å². The quantitative estimate of drug-likeness (QED) is 0.691. The third-order valence-corrected chi connectivity index (χ3v) is 4.50. The first-order valence-corrected chi connectivity index (χ1v) is 8.55. The van der Waals surface area contributed by atoms with Crippen LogP contribution in [0.4, 0.5) is 5.69 Å². The minimum absolute atomic E-state index is 0.0497. The summed E-state index contributed by atoms with van der Waals surface area (Å²) >= 11 is 0. The number of benzene rings is 2. The number of anilines is 1. The molecule has 1 aromatic heterocycles. The fraction of sp³-hybridized carbons (Fsp3) is 0.200. The summed E-state index contributed by atoms with van der Waals surface area (Å²) in [5.41, 5.74) is 3.63. The van der Waals surface area contributed by atoms with Gasteiger partial charge in [0.2, 0.25) is 5.91 Å². The molecule has 4 rings (SSSR count). The number of hydrogen-bond acceptors (Lipinski definition) is 5. The fourth-order valence-corrected chi connectivity index (χ4v) is 3.16. The third-order valence-electron chi connectivity index (χ3n) is 4.50. The lowest BCUT2D eigenvalue weighted by molar-refractivity contribution is -0.144. The van der Waals surface area contributed by atoms with Crippen molar-refractivity contribution in [2.24, 2.45) is 0 Å². The molecular weight excluding hydrogens is 346 g/mol. The van der Waals surface area contributed by atoms with Gasteiger partial charge in [0.25, 0.3) is 5.56 Å². The summed E-state index contributed by atoms with van der Waals surface area (Å²) in [5, 5.41) is 3.26. The Morgan fingerprint density at radius 1 is 1.22 bits per heavy atom. The molecule has 7 heteroatoms. The largest absolute Gasteiger partial charge is 0.457 e. The number of para-hydroxylation sites is 1. The molecule has 1 aliphatic rings. The van der Waals surface area contributed by atoms with Gasteiger partial charge in [-0.1, -0.05) is 24.3 Å². The van der Waals surface area contributed by atoms with Gasteiger partial charge in [-0.3, -0.25) is 14.4 Å². The van der Waals surface area contributed by atoms with E-state index in [-0.39, 0.29) is 24.5 Å². The maximum atomic E-state index is 12.2. The van der Waals surface area contributed by atoms with E-state index in [9.17, 15) is 14.4 Å². The van der Waals surface area contributed by atoms with Crippen LogP contribution in [0.25, 0.3) is 10.9 Å². The van der Waals surface area contributed by atoms with Crippen molar-refractivity contribution in [2.75, 3.05) is 5.32 Å². The monoisotopic (exact) mass is 363 g/mol.